The van der Waals surface area contributed by atoms with Gasteiger partial charge in [-0.1, -0.05) is 26.7 Å². The Morgan fingerprint density at radius 3 is 3.00 bits per heavy atom. The van der Waals surface area contributed by atoms with Gasteiger partial charge in [-0.3, -0.25) is 0 Å². The predicted molar refractivity (Wildman–Crippen MR) is 90.6 cm³/mol. The SMILES string of the molecule is CC(C)CC1CCCC(Nc2ccc3sccc3c2)C1. The summed E-state index contributed by atoms with van der Waals surface area (Å²) in [5, 5.41) is 7.31. The Morgan fingerprint density at radius 1 is 1.25 bits per heavy atom. The lowest BCUT2D eigenvalue weighted by atomic mass is 9.81. The lowest BCUT2D eigenvalue weighted by molar-refractivity contribution is 0.289. The van der Waals surface area contributed by atoms with Crippen LogP contribution in [0.5, 0.6) is 0 Å². The fourth-order valence-electron chi connectivity index (χ4n) is 3.59. The van der Waals surface area contributed by atoms with Gasteiger partial charge in [0.25, 0.3) is 0 Å². The van der Waals surface area contributed by atoms with E-state index in [1.165, 1.54) is 47.9 Å². The first-order valence-electron chi connectivity index (χ1n) is 7.94. The second kappa shape index (κ2) is 6.17. The second-order valence-corrected chi connectivity index (χ2v) is 7.62. The molecule has 2 heteroatoms. The number of anilines is 1. The van der Waals surface area contributed by atoms with E-state index in [2.05, 4.69) is 48.8 Å². The molecule has 3 rings (SSSR count). The van der Waals surface area contributed by atoms with Gasteiger partial charge in [0, 0.05) is 16.4 Å². The molecule has 0 radical (unpaired) electrons. The molecule has 20 heavy (non-hydrogen) atoms. The average Bonchev–Trinajstić information content (AvgIpc) is 2.85. The number of benzene rings is 1. The topological polar surface area (TPSA) is 12.0 Å². The highest BCUT2D eigenvalue weighted by Gasteiger charge is 2.22. The third kappa shape index (κ3) is 3.35. The van der Waals surface area contributed by atoms with Gasteiger partial charge in [0.15, 0.2) is 0 Å². The molecule has 1 aliphatic carbocycles. The monoisotopic (exact) mass is 287 g/mol. The first kappa shape index (κ1) is 13.9. The Morgan fingerprint density at radius 2 is 2.15 bits per heavy atom. The highest BCUT2D eigenvalue weighted by Crippen LogP contribution is 2.32. The average molecular weight is 287 g/mol. The molecule has 1 aromatic carbocycles. The standard InChI is InChI=1S/C18H25NS/c1-13(2)10-14-4-3-5-16(11-14)19-17-6-7-18-15(12-17)8-9-20-18/h6-9,12-14,16,19H,3-5,10-11H2,1-2H3. The van der Waals surface area contributed by atoms with Crippen LogP contribution < -0.4 is 5.32 Å². The van der Waals surface area contributed by atoms with Crippen molar-refractivity contribution in [1.82, 2.24) is 0 Å². The number of rotatable bonds is 4. The molecule has 1 nitrogen and oxygen atoms in total. The molecule has 1 heterocycles. The lowest BCUT2D eigenvalue weighted by Gasteiger charge is -2.31. The van der Waals surface area contributed by atoms with Crippen molar-refractivity contribution >= 4 is 27.1 Å². The van der Waals surface area contributed by atoms with E-state index in [4.69, 9.17) is 0 Å². The Kier molecular flexibility index (Phi) is 4.30. The van der Waals surface area contributed by atoms with Crippen LogP contribution in [0.25, 0.3) is 10.1 Å². The maximum absolute atomic E-state index is 3.77. The second-order valence-electron chi connectivity index (χ2n) is 6.68. The van der Waals surface area contributed by atoms with Crippen molar-refractivity contribution in [3.63, 3.8) is 0 Å². The van der Waals surface area contributed by atoms with Gasteiger partial charge in [-0.25, -0.2) is 0 Å². The molecule has 1 N–H and O–H groups in total. The summed E-state index contributed by atoms with van der Waals surface area (Å²) in [6, 6.07) is 9.68. The minimum Gasteiger partial charge on any atom is -0.382 e. The van der Waals surface area contributed by atoms with Crippen LogP contribution in [-0.4, -0.2) is 6.04 Å². The minimum absolute atomic E-state index is 0.670. The van der Waals surface area contributed by atoms with Crippen LogP contribution in [0, 0.1) is 11.8 Å². The molecule has 0 saturated heterocycles. The van der Waals surface area contributed by atoms with Gasteiger partial charge >= 0.3 is 0 Å². The number of hydrogen-bond donors (Lipinski definition) is 1. The van der Waals surface area contributed by atoms with Crippen molar-refractivity contribution in [2.24, 2.45) is 11.8 Å². The van der Waals surface area contributed by atoms with Crippen molar-refractivity contribution in [3.05, 3.63) is 29.6 Å². The molecule has 0 amide bonds. The Hall–Kier alpha value is -1.02. The highest BCUT2D eigenvalue weighted by atomic mass is 32.1. The summed E-state index contributed by atoms with van der Waals surface area (Å²) in [6.45, 7) is 4.70. The molecular weight excluding hydrogens is 262 g/mol. The first-order valence-corrected chi connectivity index (χ1v) is 8.82. The highest BCUT2D eigenvalue weighted by molar-refractivity contribution is 7.17. The molecule has 0 spiro atoms. The van der Waals surface area contributed by atoms with Gasteiger partial charge in [-0.15, -0.1) is 11.3 Å². The molecular formula is C18H25NS. The van der Waals surface area contributed by atoms with Gasteiger partial charge in [0.05, 0.1) is 0 Å². The van der Waals surface area contributed by atoms with Crippen LogP contribution in [0.15, 0.2) is 29.6 Å². The van der Waals surface area contributed by atoms with Crippen LogP contribution >= 0.6 is 11.3 Å². The largest absolute Gasteiger partial charge is 0.382 e. The van der Waals surface area contributed by atoms with Crippen LogP contribution in [0.1, 0.15) is 46.0 Å². The summed E-state index contributed by atoms with van der Waals surface area (Å²) in [5.41, 5.74) is 1.30. The zero-order chi connectivity index (χ0) is 13.9. The molecule has 1 aliphatic rings. The van der Waals surface area contributed by atoms with Gasteiger partial charge in [0.1, 0.15) is 0 Å². The van der Waals surface area contributed by atoms with E-state index < -0.39 is 0 Å². The van der Waals surface area contributed by atoms with Crippen molar-refractivity contribution in [2.45, 2.75) is 52.0 Å². The summed E-state index contributed by atoms with van der Waals surface area (Å²) in [4.78, 5) is 0. The zero-order valence-electron chi connectivity index (χ0n) is 12.6. The molecule has 0 aliphatic heterocycles. The normalized spacial score (nSPS) is 23.4. The van der Waals surface area contributed by atoms with E-state index in [-0.39, 0.29) is 0 Å². The van der Waals surface area contributed by atoms with Crippen molar-refractivity contribution in [2.75, 3.05) is 5.32 Å². The fraction of sp³-hybridized carbons (Fsp3) is 0.556. The molecule has 0 bridgehead atoms. The fourth-order valence-corrected chi connectivity index (χ4v) is 4.37. The van der Waals surface area contributed by atoms with Crippen LogP contribution in [-0.2, 0) is 0 Å². The maximum Gasteiger partial charge on any atom is 0.0349 e. The van der Waals surface area contributed by atoms with Crippen LogP contribution in [0.4, 0.5) is 5.69 Å². The van der Waals surface area contributed by atoms with Crippen molar-refractivity contribution < 1.29 is 0 Å². The third-order valence-corrected chi connectivity index (χ3v) is 5.31. The van der Waals surface area contributed by atoms with Gasteiger partial charge in [-0.05, 0) is 66.1 Å². The third-order valence-electron chi connectivity index (χ3n) is 4.41. The summed E-state index contributed by atoms with van der Waals surface area (Å²) < 4.78 is 1.39. The lowest BCUT2D eigenvalue weighted by Crippen LogP contribution is -2.27. The molecule has 1 fully saturated rings. The zero-order valence-corrected chi connectivity index (χ0v) is 13.4. The van der Waals surface area contributed by atoms with E-state index in [9.17, 15) is 0 Å². The Balaban J connectivity index is 1.64. The van der Waals surface area contributed by atoms with Crippen molar-refractivity contribution in [1.29, 1.82) is 0 Å². The summed E-state index contributed by atoms with van der Waals surface area (Å²) in [7, 11) is 0. The Labute approximate surface area is 126 Å². The number of thiophene rings is 1. The molecule has 2 unspecified atom stereocenters. The predicted octanol–water partition coefficient (Wildman–Crippen LogP) is 5.92. The molecule has 2 aromatic rings. The van der Waals surface area contributed by atoms with Gasteiger partial charge < -0.3 is 5.32 Å². The summed E-state index contributed by atoms with van der Waals surface area (Å²) >= 11 is 1.82. The number of hydrogen-bond acceptors (Lipinski definition) is 2. The van der Waals surface area contributed by atoms with E-state index in [0.29, 0.717) is 6.04 Å². The summed E-state index contributed by atoms with van der Waals surface area (Å²) in [5.74, 6) is 1.76. The first-order chi connectivity index (χ1) is 9.70. The van der Waals surface area contributed by atoms with Crippen LogP contribution in [0.2, 0.25) is 0 Å². The van der Waals surface area contributed by atoms with Gasteiger partial charge in [-0.2, -0.15) is 0 Å². The maximum atomic E-state index is 3.77. The van der Waals surface area contributed by atoms with E-state index in [1.54, 1.807) is 0 Å². The van der Waals surface area contributed by atoms with E-state index >= 15 is 0 Å². The number of fused-ring (bicyclic) bond motifs is 1. The molecule has 108 valence electrons. The van der Waals surface area contributed by atoms with Gasteiger partial charge in [0.2, 0.25) is 0 Å². The smallest absolute Gasteiger partial charge is 0.0349 e. The van der Waals surface area contributed by atoms with E-state index in [0.717, 1.165) is 11.8 Å². The van der Waals surface area contributed by atoms with Crippen LogP contribution in [0.3, 0.4) is 0 Å². The minimum atomic E-state index is 0.670. The molecule has 1 saturated carbocycles. The quantitative estimate of drug-likeness (QED) is 0.736. The molecule has 2 atom stereocenters. The van der Waals surface area contributed by atoms with Crippen molar-refractivity contribution in [3.8, 4) is 0 Å². The van der Waals surface area contributed by atoms with E-state index in [1.807, 2.05) is 11.3 Å². The number of nitrogens with one attached hydrogen (secondary N) is 1. The summed E-state index contributed by atoms with van der Waals surface area (Å²) in [6.07, 6.45) is 6.88. The molecule has 1 aromatic heterocycles. The Bertz CT molecular complexity index is 557.